The lowest BCUT2D eigenvalue weighted by atomic mass is 10.1. The summed E-state index contributed by atoms with van der Waals surface area (Å²) < 4.78 is 0. The van der Waals surface area contributed by atoms with Crippen molar-refractivity contribution in [2.75, 3.05) is 27.2 Å². The minimum atomic E-state index is -0.339. The normalized spacial score (nSPS) is 9.35. The quantitative estimate of drug-likeness (QED) is 0.773. The Kier molecular flexibility index (Phi) is 6.27. The third-order valence-corrected chi connectivity index (χ3v) is 2.53. The monoisotopic (exact) mass is 274 g/mol. The van der Waals surface area contributed by atoms with E-state index in [0.717, 1.165) is 0 Å². The van der Waals surface area contributed by atoms with E-state index in [1.54, 1.807) is 38.4 Å². The van der Waals surface area contributed by atoms with Crippen molar-refractivity contribution in [3.63, 3.8) is 0 Å². The number of carbonyl (C=O) groups excluding carboxylic acids is 2. The molecule has 106 valence electrons. The first-order valence-electron chi connectivity index (χ1n) is 6.23. The molecule has 0 heterocycles. The van der Waals surface area contributed by atoms with Crippen LogP contribution < -0.4 is 5.32 Å². The average Bonchev–Trinajstić information content (AvgIpc) is 2.45. The van der Waals surface area contributed by atoms with Crippen LogP contribution in [0.2, 0.25) is 0 Å². The summed E-state index contributed by atoms with van der Waals surface area (Å²) >= 11 is 0. The van der Waals surface area contributed by atoms with Crippen LogP contribution in [0.4, 0.5) is 0 Å². The smallest absolute Gasteiger partial charge is 0.252 e. The molecule has 0 radical (unpaired) electrons. The van der Waals surface area contributed by atoms with E-state index in [4.69, 9.17) is 5.11 Å². The molecule has 0 saturated heterocycles. The molecule has 1 aromatic rings. The number of rotatable bonds is 4. The van der Waals surface area contributed by atoms with Crippen LogP contribution in [-0.2, 0) is 4.79 Å². The molecule has 2 N–H and O–H groups in total. The summed E-state index contributed by atoms with van der Waals surface area (Å²) in [5.74, 6) is 5.10. The highest BCUT2D eigenvalue weighted by Gasteiger charge is 2.11. The summed E-state index contributed by atoms with van der Waals surface area (Å²) in [6, 6.07) is 6.90. The molecule has 1 rings (SSSR count). The van der Waals surface area contributed by atoms with Gasteiger partial charge in [-0.25, -0.2) is 0 Å². The van der Waals surface area contributed by atoms with Gasteiger partial charge in [0.15, 0.2) is 0 Å². The van der Waals surface area contributed by atoms with Crippen LogP contribution in [0.25, 0.3) is 0 Å². The van der Waals surface area contributed by atoms with Crippen molar-refractivity contribution in [3.05, 3.63) is 35.4 Å². The first kappa shape index (κ1) is 15.7. The Balaban J connectivity index is 2.78. The van der Waals surface area contributed by atoms with Gasteiger partial charge in [-0.05, 0) is 12.1 Å². The van der Waals surface area contributed by atoms with E-state index in [-0.39, 0.29) is 25.0 Å². The molecule has 2 amide bonds. The molecule has 1 aromatic carbocycles. The van der Waals surface area contributed by atoms with Crippen molar-refractivity contribution in [2.45, 2.75) is 6.42 Å². The third kappa shape index (κ3) is 4.75. The van der Waals surface area contributed by atoms with Gasteiger partial charge in [-0.15, -0.1) is 0 Å². The minimum Gasteiger partial charge on any atom is -0.395 e. The van der Waals surface area contributed by atoms with Crippen LogP contribution in [0, 0.1) is 11.8 Å². The van der Waals surface area contributed by atoms with Gasteiger partial charge in [0.2, 0.25) is 5.91 Å². The highest BCUT2D eigenvalue weighted by Crippen LogP contribution is 2.07. The van der Waals surface area contributed by atoms with Crippen LogP contribution in [0.5, 0.6) is 0 Å². The Morgan fingerprint density at radius 2 is 2.00 bits per heavy atom. The molecule has 0 spiro atoms. The first-order valence-corrected chi connectivity index (χ1v) is 6.23. The number of aliphatic hydroxyl groups excluding tert-OH is 1. The number of hydrogen-bond acceptors (Lipinski definition) is 3. The number of amides is 2. The molecule has 0 atom stereocenters. The molecule has 0 aliphatic carbocycles. The second kappa shape index (κ2) is 7.97. The zero-order valence-electron chi connectivity index (χ0n) is 11.6. The van der Waals surface area contributed by atoms with Crippen molar-refractivity contribution >= 4 is 11.8 Å². The third-order valence-electron chi connectivity index (χ3n) is 2.53. The number of carbonyl (C=O) groups is 2. The zero-order valence-corrected chi connectivity index (χ0v) is 11.6. The Morgan fingerprint density at radius 1 is 1.30 bits per heavy atom. The van der Waals surface area contributed by atoms with E-state index < -0.39 is 0 Å². The number of likely N-dealkylation sites (N-methyl/N-ethyl adjacent to an activating group) is 1. The molecule has 20 heavy (non-hydrogen) atoms. The predicted octanol–water partition coefficient (Wildman–Crippen LogP) is 0.238. The van der Waals surface area contributed by atoms with Gasteiger partial charge >= 0.3 is 0 Å². The molecule has 0 aromatic heterocycles. The molecule has 0 aliphatic heterocycles. The Labute approximate surface area is 118 Å². The predicted molar refractivity (Wildman–Crippen MR) is 76.1 cm³/mol. The molecule has 0 unspecified atom stereocenters. The van der Waals surface area contributed by atoms with Crippen LogP contribution in [-0.4, -0.2) is 49.1 Å². The Morgan fingerprint density at radius 3 is 2.65 bits per heavy atom. The molecule has 0 saturated carbocycles. The Bertz CT molecular complexity index is 542. The number of nitrogens with zero attached hydrogens (tertiary/aromatic N) is 1. The van der Waals surface area contributed by atoms with Crippen molar-refractivity contribution in [1.82, 2.24) is 10.2 Å². The van der Waals surface area contributed by atoms with Gasteiger partial charge in [0.1, 0.15) is 0 Å². The van der Waals surface area contributed by atoms with Gasteiger partial charge in [0, 0.05) is 26.1 Å². The lowest BCUT2D eigenvalue weighted by Gasteiger charge is -2.11. The molecule has 5 heteroatoms. The molecule has 5 nitrogen and oxygen atoms in total. The van der Waals surface area contributed by atoms with E-state index >= 15 is 0 Å². The van der Waals surface area contributed by atoms with Gasteiger partial charge in [-0.2, -0.15) is 0 Å². The largest absolute Gasteiger partial charge is 0.395 e. The van der Waals surface area contributed by atoms with Crippen molar-refractivity contribution in [2.24, 2.45) is 0 Å². The number of benzene rings is 1. The van der Waals surface area contributed by atoms with Crippen LogP contribution in [0.1, 0.15) is 22.3 Å². The molecule has 0 aliphatic rings. The summed E-state index contributed by atoms with van der Waals surface area (Å²) in [6.45, 7) is -0.0665. The fraction of sp³-hybridized carbons (Fsp3) is 0.333. The highest BCUT2D eigenvalue weighted by molar-refractivity contribution is 5.98. The number of hydrogen-bond donors (Lipinski definition) is 2. The second-order valence-electron chi connectivity index (χ2n) is 4.29. The van der Waals surface area contributed by atoms with Crippen molar-refractivity contribution < 1.29 is 14.7 Å². The summed E-state index contributed by atoms with van der Waals surface area (Å²) in [4.78, 5) is 24.9. The van der Waals surface area contributed by atoms with Gasteiger partial charge in [-0.3, -0.25) is 9.59 Å². The summed E-state index contributed by atoms with van der Waals surface area (Å²) in [5.41, 5.74) is 1.00. The minimum absolute atomic E-state index is 0.0152. The van der Waals surface area contributed by atoms with E-state index in [0.29, 0.717) is 17.5 Å². The van der Waals surface area contributed by atoms with E-state index in [1.807, 2.05) is 0 Å². The van der Waals surface area contributed by atoms with E-state index in [2.05, 4.69) is 17.2 Å². The SMILES string of the molecule is CN(C)C(=O)CNC(=O)c1ccccc1C#CCCO. The second-order valence-corrected chi connectivity index (χ2v) is 4.29. The Hall–Kier alpha value is -2.32. The number of nitrogens with one attached hydrogen (secondary N) is 1. The maximum atomic E-state index is 12.0. The topological polar surface area (TPSA) is 69.6 Å². The van der Waals surface area contributed by atoms with Gasteiger partial charge < -0.3 is 15.3 Å². The molecular formula is C15H18N2O3. The maximum Gasteiger partial charge on any atom is 0.252 e. The summed E-state index contributed by atoms with van der Waals surface area (Å²) in [6.07, 6.45) is 0.356. The van der Waals surface area contributed by atoms with Gasteiger partial charge in [0.25, 0.3) is 5.91 Å². The number of aliphatic hydroxyl groups is 1. The van der Waals surface area contributed by atoms with Crippen molar-refractivity contribution in [3.8, 4) is 11.8 Å². The molecule has 0 fully saturated rings. The summed E-state index contributed by atoms with van der Waals surface area (Å²) in [7, 11) is 3.26. The standard InChI is InChI=1S/C15H18N2O3/c1-17(2)14(19)11-16-15(20)13-9-4-3-7-12(13)8-5-6-10-18/h3-4,7,9,18H,6,10-11H2,1-2H3,(H,16,20). The summed E-state index contributed by atoms with van der Waals surface area (Å²) in [5, 5.41) is 11.3. The van der Waals surface area contributed by atoms with Gasteiger partial charge in [0.05, 0.1) is 18.7 Å². The maximum absolute atomic E-state index is 12.0. The lowest BCUT2D eigenvalue weighted by molar-refractivity contribution is -0.127. The first-order chi connectivity index (χ1) is 9.56. The zero-order chi connectivity index (χ0) is 15.0. The highest BCUT2D eigenvalue weighted by atomic mass is 16.2. The van der Waals surface area contributed by atoms with E-state index in [1.165, 1.54) is 4.90 Å². The molecular weight excluding hydrogens is 256 g/mol. The van der Waals surface area contributed by atoms with Crippen LogP contribution >= 0.6 is 0 Å². The van der Waals surface area contributed by atoms with Gasteiger partial charge in [-0.1, -0.05) is 24.0 Å². The van der Waals surface area contributed by atoms with E-state index in [9.17, 15) is 9.59 Å². The van der Waals surface area contributed by atoms with Crippen LogP contribution in [0.15, 0.2) is 24.3 Å². The van der Waals surface area contributed by atoms with Crippen molar-refractivity contribution in [1.29, 1.82) is 0 Å². The van der Waals surface area contributed by atoms with Crippen LogP contribution in [0.3, 0.4) is 0 Å². The average molecular weight is 274 g/mol. The fourth-order valence-corrected chi connectivity index (χ4v) is 1.41. The fourth-order valence-electron chi connectivity index (χ4n) is 1.41. The molecule has 0 bridgehead atoms. The lowest BCUT2D eigenvalue weighted by Crippen LogP contribution is -2.36.